The Balaban J connectivity index is 1.83. The molecule has 0 atom stereocenters. The fourth-order valence-electron chi connectivity index (χ4n) is 3.09. The molecule has 0 bridgehead atoms. The average molecular weight is 507 g/mol. The number of methoxy groups -OCH3 is 3. The summed E-state index contributed by atoms with van der Waals surface area (Å²) in [5.41, 5.74) is 1.60. The molecule has 2 amide bonds. The Labute approximate surface area is 213 Å². The standard InChI is InChI=1S/C27H26N2O6S/c1-33-23-14-9-18(16-24(23)34-2)15-22(29-26(31)19-7-5-4-6-8-19)27(32)28-20-10-12-21(13-11-20)36-17-25(30)35-3/h4-16H,17H2,1-3H3,(H,28,32)(H,29,31)/b22-15-. The summed E-state index contributed by atoms with van der Waals surface area (Å²) in [6, 6.07) is 20.8. The van der Waals surface area contributed by atoms with Gasteiger partial charge in [0.2, 0.25) is 0 Å². The molecule has 8 nitrogen and oxygen atoms in total. The quantitative estimate of drug-likeness (QED) is 0.239. The Morgan fingerprint density at radius 2 is 1.56 bits per heavy atom. The highest BCUT2D eigenvalue weighted by molar-refractivity contribution is 8.00. The predicted octanol–water partition coefficient (Wildman–Crippen LogP) is 4.38. The smallest absolute Gasteiger partial charge is 0.315 e. The number of nitrogens with one attached hydrogen (secondary N) is 2. The summed E-state index contributed by atoms with van der Waals surface area (Å²) in [5, 5.41) is 5.50. The molecule has 186 valence electrons. The van der Waals surface area contributed by atoms with Crippen LogP contribution in [0.2, 0.25) is 0 Å². The number of ether oxygens (including phenoxy) is 3. The molecule has 3 aromatic carbocycles. The minimum absolute atomic E-state index is 0.0419. The maximum Gasteiger partial charge on any atom is 0.315 e. The molecule has 0 saturated carbocycles. The summed E-state index contributed by atoms with van der Waals surface area (Å²) >= 11 is 1.32. The van der Waals surface area contributed by atoms with Gasteiger partial charge in [-0.2, -0.15) is 0 Å². The molecule has 2 N–H and O–H groups in total. The zero-order valence-electron chi connectivity index (χ0n) is 20.1. The van der Waals surface area contributed by atoms with Gasteiger partial charge in [-0.25, -0.2) is 0 Å². The maximum atomic E-state index is 13.2. The summed E-state index contributed by atoms with van der Waals surface area (Å²) in [6.45, 7) is 0. The number of amides is 2. The Bertz CT molecular complexity index is 1240. The molecular weight excluding hydrogens is 480 g/mol. The minimum Gasteiger partial charge on any atom is -0.493 e. The zero-order valence-corrected chi connectivity index (χ0v) is 20.9. The molecule has 0 aliphatic heterocycles. The van der Waals surface area contributed by atoms with Crippen molar-refractivity contribution in [3.8, 4) is 11.5 Å². The van der Waals surface area contributed by atoms with Crippen molar-refractivity contribution in [3.63, 3.8) is 0 Å². The Morgan fingerprint density at radius 1 is 0.861 bits per heavy atom. The number of carbonyl (C=O) groups excluding carboxylic acids is 3. The van der Waals surface area contributed by atoms with E-state index in [1.807, 2.05) is 0 Å². The SMILES string of the molecule is COC(=O)CSc1ccc(NC(=O)/C(=C/c2ccc(OC)c(OC)c2)NC(=O)c2ccccc2)cc1. The lowest BCUT2D eigenvalue weighted by Gasteiger charge is -2.13. The molecule has 3 aromatic rings. The van der Waals surface area contributed by atoms with Gasteiger partial charge in [-0.05, 0) is 60.2 Å². The first kappa shape index (κ1) is 26.4. The molecule has 9 heteroatoms. The van der Waals surface area contributed by atoms with Crippen LogP contribution in [0.25, 0.3) is 6.08 Å². The number of rotatable bonds is 10. The van der Waals surface area contributed by atoms with Crippen molar-refractivity contribution >= 4 is 41.3 Å². The van der Waals surface area contributed by atoms with E-state index in [-0.39, 0.29) is 17.4 Å². The van der Waals surface area contributed by atoms with Crippen molar-refractivity contribution in [1.82, 2.24) is 5.32 Å². The minimum atomic E-state index is -0.510. The van der Waals surface area contributed by atoms with Crippen LogP contribution in [0.15, 0.2) is 83.4 Å². The number of anilines is 1. The highest BCUT2D eigenvalue weighted by Gasteiger charge is 2.16. The maximum absolute atomic E-state index is 13.2. The molecule has 0 saturated heterocycles. The van der Waals surface area contributed by atoms with Gasteiger partial charge in [-0.1, -0.05) is 24.3 Å². The number of hydrogen-bond donors (Lipinski definition) is 2. The van der Waals surface area contributed by atoms with E-state index < -0.39 is 11.8 Å². The topological polar surface area (TPSA) is 103 Å². The number of benzene rings is 3. The fraction of sp³-hybridized carbons (Fsp3) is 0.148. The van der Waals surface area contributed by atoms with E-state index in [0.29, 0.717) is 28.3 Å². The van der Waals surface area contributed by atoms with Crippen molar-refractivity contribution in [2.75, 3.05) is 32.4 Å². The first-order valence-electron chi connectivity index (χ1n) is 10.8. The third-order valence-corrected chi connectivity index (χ3v) is 5.93. The first-order chi connectivity index (χ1) is 17.4. The largest absolute Gasteiger partial charge is 0.493 e. The van der Waals surface area contributed by atoms with Gasteiger partial charge in [0, 0.05) is 16.1 Å². The second-order valence-electron chi connectivity index (χ2n) is 7.34. The van der Waals surface area contributed by atoms with Crippen LogP contribution in [0.5, 0.6) is 11.5 Å². The van der Waals surface area contributed by atoms with Crippen LogP contribution < -0.4 is 20.1 Å². The third kappa shape index (κ3) is 7.38. The molecule has 0 aromatic heterocycles. The van der Waals surface area contributed by atoms with Gasteiger partial charge in [0.05, 0.1) is 27.1 Å². The Hall–Kier alpha value is -4.24. The van der Waals surface area contributed by atoms with Crippen molar-refractivity contribution in [2.24, 2.45) is 0 Å². The average Bonchev–Trinajstić information content (AvgIpc) is 2.92. The Morgan fingerprint density at radius 3 is 2.19 bits per heavy atom. The van der Waals surface area contributed by atoms with Crippen molar-refractivity contribution in [2.45, 2.75) is 4.90 Å². The van der Waals surface area contributed by atoms with Crippen LogP contribution in [-0.2, 0) is 14.3 Å². The van der Waals surface area contributed by atoms with Gasteiger partial charge in [0.25, 0.3) is 11.8 Å². The van der Waals surface area contributed by atoms with Crippen LogP contribution in [0.1, 0.15) is 15.9 Å². The molecule has 0 fully saturated rings. The summed E-state index contributed by atoms with van der Waals surface area (Å²) in [6.07, 6.45) is 1.55. The highest BCUT2D eigenvalue weighted by Crippen LogP contribution is 2.28. The Kier molecular flexibility index (Phi) is 9.53. The lowest BCUT2D eigenvalue weighted by molar-refractivity contribution is -0.137. The van der Waals surface area contributed by atoms with Gasteiger partial charge in [-0.15, -0.1) is 11.8 Å². The molecule has 0 aliphatic rings. The van der Waals surface area contributed by atoms with Crippen molar-refractivity contribution in [1.29, 1.82) is 0 Å². The lowest BCUT2D eigenvalue weighted by atomic mass is 10.1. The van der Waals surface area contributed by atoms with Gasteiger partial charge in [0.15, 0.2) is 11.5 Å². The van der Waals surface area contributed by atoms with Crippen LogP contribution in [0, 0.1) is 0 Å². The fourth-order valence-corrected chi connectivity index (χ4v) is 3.82. The monoisotopic (exact) mass is 506 g/mol. The third-order valence-electron chi connectivity index (χ3n) is 4.94. The van der Waals surface area contributed by atoms with Crippen molar-refractivity contribution < 1.29 is 28.6 Å². The second kappa shape index (κ2) is 13.0. The first-order valence-corrected chi connectivity index (χ1v) is 11.8. The van der Waals surface area contributed by atoms with Gasteiger partial charge in [-0.3, -0.25) is 14.4 Å². The van der Waals surface area contributed by atoms with E-state index in [2.05, 4.69) is 15.4 Å². The second-order valence-corrected chi connectivity index (χ2v) is 8.38. The van der Waals surface area contributed by atoms with Gasteiger partial charge >= 0.3 is 5.97 Å². The number of thioether (sulfide) groups is 1. The van der Waals surface area contributed by atoms with E-state index in [1.54, 1.807) is 78.9 Å². The molecular formula is C27H26N2O6S. The summed E-state index contributed by atoms with van der Waals surface area (Å²) < 4.78 is 15.3. The molecule has 0 spiro atoms. The van der Waals surface area contributed by atoms with Crippen molar-refractivity contribution in [3.05, 3.63) is 89.6 Å². The van der Waals surface area contributed by atoms with E-state index in [1.165, 1.54) is 33.1 Å². The highest BCUT2D eigenvalue weighted by atomic mass is 32.2. The molecule has 0 unspecified atom stereocenters. The predicted molar refractivity (Wildman–Crippen MR) is 139 cm³/mol. The zero-order chi connectivity index (χ0) is 25.9. The molecule has 36 heavy (non-hydrogen) atoms. The summed E-state index contributed by atoms with van der Waals surface area (Å²) in [4.78, 5) is 38.2. The number of hydrogen-bond acceptors (Lipinski definition) is 7. The number of carbonyl (C=O) groups is 3. The normalized spacial score (nSPS) is 10.8. The van der Waals surface area contributed by atoms with E-state index in [0.717, 1.165) is 4.90 Å². The van der Waals surface area contributed by atoms with E-state index in [9.17, 15) is 14.4 Å². The molecule has 0 aliphatic carbocycles. The molecule has 0 radical (unpaired) electrons. The van der Waals surface area contributed by atoms with Crippen LogP contribution in [0.3, 0.4) is 0 Å². The lowest BCUT2D eigenvalue weighted by Crippen LogP contribution is -2.30. The van der Waals surface area contributed by atoms with Crippen LogP contribution in [0.4, 0.5) is 5.69 Å². The van der Waals surface area contributed by atoms with Gasteiger partial charge in [0.1, 0.15) is 5.70 Å². The van der Waals surface area contributed by atoms with Crippen LogP contribution >= 0.6 is 11.8 Å². The van der Waals surface area contributed by atoms with Gasteiger partial charge < -0.3 is 24.8 Å². The van der Waals surface area contributed by atoms with E-state index >= 15 is 0 Å². The molecule has 0 heterocycles. The van der Waals surface area contributed by atoms with Crippen LogP contribution in [-0.4, -0.2) is 44.9 Å². The summed E-state index contributed by atoms with van der Waals surface area (Å²) in [7, 11) is 4.39. The number of esters is 1. The van der Waals surface area contributed by atoms with E-state index in [4.69, 9.17) is 9.47 Å². The summed E-state index contributed by atoms with van der Waals surface area (Å²) in [5.74, 6) is -0.0431. The molecule has 3 rings (SSSR count).